The van der Waals surface area contributed by atoms with Gasteiger partial charge in [0, 0.05) is 30.9 Å². The van der Waals surface area contributed by atoms with Crippen molar-refractivity contribution in [3.8, 4) is 0 Å². The van der Waals surface area contributed by atoms with E-state index in [1.54, 1.807) is 37.3 Å². The van der Waals surface area contributed by atoms with Crippen LogP contribution in [-0.2, 0) is 15.4 Å². The molecule has 2 aromatic carbocycles. The molecule has 1 saturated heterocycles. The Morgan fingerprint density at radius 3 is 2.29 bits per heavy atom. The van der Waals surface area contributed by atoms with Crippen molar-refractivity contribution in [1.29, 1.82) is 0 Å². The summed E-state index contributed by atoms with van der Waals surface area (Å²) < 4.78 is 28.7. The zero-order chi connectivity index (χ0) is 22.8. The average molecular weight is 444 g/mol. The minimum absolute atomic E-state index is 0.0153. The molecule has 1 heterocycles. The largest absolute Gasteiger partial charge is 0.337 e. The monoisotopic (exact) mass is 443 g/mol. The van der Waals surface area contributed by atoms with Crippen molar-refractivity contribution >= 4 is 21.6 Å². The molecule has 1 N–H and O–H groups in total. The Morgan fingerprint density at radius 1 is 0.968 bits per heavy atom. The highest BCUT2D eigenvalue weighted by molar-refractivity contribution is 7.92. The zero-order valence-electron chi connectivity index (χ0n) is 19.1. The summed E-state index contributed by atoms with van der Waals surface area (Å²) in [5, 5.41) is 0. The van der Waals surface area contributed by atoms with Crippen LogP contribution in [0.15, 0.2) is 47.4 Å². The molecule has 0 saturated carbocycles. The number of amides is 1. The van der Waals surface area contributed by atoms with Gasteiger partial charge in [-0.1, -0.05) is 32.9 Å². The van der Waals surface area contributed by atoms with E-state index in [2.05, 4.69) is 37.4 Å². The summed E-state index contributed by atoms with van der Waals surface area (Å²) in [5.41, 5.74) is 2.51. The summed E-state index contributed by atoms with van der Waals surface area (Å²) in [7, 11) is -1.68. The lowest BCUT2D eigenvalue weighted by Crippen LogP contribution is -2.34. The second-order valence-electron chi connectivity index (χ2n) is 9.36. The maximum absolute atomic E-state index is 13.0. The molecule has 0 spiro atoms. The van der Waals surface area contributed by atoms with Gasteiger partial charge in [-0.05, 0) is 73.8 Å². The van der Waals surface area contributed by atoms with Gasteiger partial charge in [0.25, 0.3) is 15.9 Å². The molecule has 0 bridgehead atoms. The number of hydrogen-bond acceptors (Lipinski definition) is 4. The number of carbonyl (C=O) groups is 1. The van der Waals surface area contributed by atoms with Crippen LogP contribution in [0.2, 0.25) is 0 Å². The van der Waals surface area contributed by atoms with Crippen LogP contribution in [0.1, 0.15) is 48.7 Å². The van der Waals surface area contributed by atoms with Crippen molar-refractivity contribution in [1.82, 2.24) is 9.80 Å². The summed E-state index contributed by atoms with van der Waals surface area (Å²) in [6.07, 6.45) is 0.951. The first-order chi connectivity index (χ1) is 14.5. The Morgan fingerprint density at radius 2 is 1.65 bits per heavy atom. The summed E-state index contributed by atoms with van der Waals surface area (Å²) >= 11 is 0. The SMILES string of the molecule is Cc1ccc(C(C)(C)C)cc1S(=O)(=O)Nc1ccc(C(=O)N2CCCN(C)CC2)cc1. The predicted octanol–water partition coefficient (Wildman–Crippen LogP) is 3.87. The smallest absolute Gasteiger partial charge is 0.262 e. The number of carbonyl (C=O) groups excluding carboxylic acids is 1. The van der Waals surface area contributed by atoms with E-state index in [0.717, 1.165) is 31.6 Å². The van der Waals surface area contributed by atoms with Gasteiger partial charge in [-0.15, -0.1) is 0 Å². The third-order valence-corrected chi connectivity index (χ3v) is 7.26. The van der Waals surface area contributed by atoms with E-state index in [4.69, 9.17) is 0 Å². The van der Waals surface area contributed by atoms with Gasteiger partial charge in [0.05, 0.1) is 4.90 Å². The van der Waals surface area contributed by atoms with Crippen molar-refractivity contribution in [3.05, 3.63) is 59.2 Å². The van der Waals surface area contributed by atoms with Crippen molar-refractivity contribution in [2.24, 2.45) is 0 Å². The number of benzene rings is 2. The van der Waals surface area contributed by atoms with Gasteiger partial charge in [0.1, 0.15) is 0 Å². The lowest BCUT2D eigenvalue weighted by molar-refractivity contribution is 0.0763. The molecule has 0 atom stereocenters. The maximum Gasteiger partial charge on any atom is 0.262 e. The van der Waals surface area contributed by atoms with Crippen LogP contribution in [0.5, 0.6) is 0 Å². The van der Waals surface area contributed by atoms with E-state index in [9.17, 15) is 13.2 Å². The highest BCUT2D eigenvalue weighted by atomic mass is 32.2. The van der Waals surface area contributed by atoms with Gasteiger partial charge in [0.2, 0.25) is 0 Å². The number of sulfonamides is 1. The molecule has 1 aliphatic rings. The quantitative estimate of drug-likeness (QED) is 0.779. The Hall–Kier alpha value is -2.38. The fraction of sp³-hybridized carbons (Fsp3) is 0.458. The summed E-state index contributed by atoms with van der Waals surface area (Å²) in [6.45, 7) is 11.2. The molecule has 168 valence electrons. The van der Waals surface area contributed by atoms with Crippen LogP contribution in [0.4, 0.5) is 5.69 Å². The number of nitrogens with zero attached hydrogens (tertiary/aromatic N) is 2. The highest BCUT2D eigenvalue weighted by Crippen LogP contribution is 2.28. The number of nitrogens with one attached hydrogen (secondary N) is 1. The summed E-state index contributed by atoms with van der Waals surface area (Å²) in [4.78, 5) is 17.2. The third-order valence-electron chi connectivity index (χ3n) is 5.73. The van der Waals surface area contributed by atoms with E-state index in [1.807, 2.05) is 17.0 Å². The van der Waals surface area contributed by atoms with Crippen LogP contribution >= 0.6 is 0 Å². The Bertz CT molecular complexity index is 1040. The molecular formula is C24H33N3O3S. The van der Waals surface area contributed by atoms with Gasteiger partial charge in [-0.25, -0.2) is 8.42 Å². The Balaban J connectivity index is 1.77. The van der Waals surface area contributed by atoms with E-state index in [1.165, 1.54) is 0 Å². The molecule has 2 aromatic rings. The van der Waals surface area contributed by atoms with Crippen LogP contribution in [0.25, 0.3) is 0 Å². The van der Waals surface area contributed by atoms with Gasteiger partial charge in [-0.2, -0.15) is 0 Å². The molecule has 3 rings (SSSR count). The first kappa shape index (κ1) is 23.3. The summed E-state index contributed by atoms with van der Waals surface area (Å²) in [6, 6.07) is 12.2. The van der Waals surface area contributed by atoms with Crippen molar-refractivity contribution in [2.45, 2.75) is 44.4 Å². The van der Waals surface area contributed by atoms with Crippen LogP contribution in [0.3, 0.4) is 0 Å². The van der Waals surface area contributed by atoms with E-state index < -0.39 is 10.0 Å². The number of anilines is 1. The fourth-order valence-corrected chi connectivity index (χ4v) is 5.01. The number of aryl methyl sites for hydroxylation is 1. The first-order valence-corrected chi connectivity index (χ1v) is 12.2. The topological polar surface area (TPSA) is 69.7 Å². The van der Waals surface area contributed by atoms with Crippen molar-refractivity contribution in [2.75, 3.05) is 37.9 Å². The second-order valence-corrected chi connectivity index (χ2v) is 11.0. The molecule has 1 fully saturated rings. The van der Waals surface area contributed by atoms with Gasteiger partial charge in [-0.3, -0.25) is 9.52 Å². The molecule has 0 aromatic heterocycles. The van der Waals surface area contributed by atoms with E-state index >= 15 is 0 Å². The summed E-state index contributed by atoms with van der Waals surface area (Å²) in [5.74, 6) is -0.0153. The highest BCUT2D eigenvalue weighted by Gasteiger charge is 2.22. The first-order valence-electron chi connectivity index (χ1n) is 10.7. The number of hydrogen-bond donors (Lipinski definition) is 1. The molecule has 0 aliphatic carbocycles. The standard InChI is InChI=1S/C24H33N3O3S/c1-18-7-10-20(24(2,3)4)17-22(18)31(29,30)25-21-11-8-19(9-12-21)23(28)27-14-6-13-26(5)15-16-27/h7-12,17,25H,6,13-16H2,1-5H3. The lowest BCUT2D eigenvalue weighted by Gasteiger charge is -2.21. The van der Waals surface area contributed by atoms with Gasteiger partial charge >= 0.3 is 0 Å². The number of rotatable bonds is 4. The average Bonchev–Trinajstić information content (AvgIpc) is 2.91. The normalized spacial score (nSPS) is 16.1. The van der Waals surface area contributed by atoms with Gasteiger partial charge < -0.3 is 9.80 Å². The second kappa shape index (κ2) is 9.01. The van der Waals surface area contributed by atoms with Crippen LogP contribution in [-0.4, -0.2) is 57.4 Å². The minimum Gasteiger partial charge on any atom is -0.337 e. The van der Waals surface area contributed by atoms with Crippen molar-refractivity contribution < 1.29 is 13.2 Å². The fourth-order valence-electron chi connectivity index (χ4n) is 3.68. The molecule has 1 amide bonds. The van der Waals surface area contributed by atoms with Gasteiger partial charge in [0.15, 0.2) is 0 Å². The van der Waals surface area contributed by atoms with E-state index in [0.29, 0.717) is 23.4 Å². The van der Waals surface area contributed by atoms with Crippen LogP contribution in [0, 0.1) is 6.92 Å². The Labute approximate surface area is 186 Å². The third kappa shape index (κ3) is 5.66. The molecule has 31 heavy (non-hydrogen) atoms. The molecule has 0 radical (unpaired) electrons. The molecule has 7 heteroatoms. The van der Waals surface area contributed by atoms with E-state index in [-0.39, 0.29) is 16.2 Å². The number of likely N-dealkylation sites (N-methyl/N-ethyl adjacent to an activating group) is 1. The van der Waals surface area contributed by atoms with Crippen molar-refractivity contribution in [3.63, 3.8) is 0 Å². The predicted molar refractivity (Wildman–Crippen MR) is 125 cm³/mol. The molecule has 6 nitrogen and oxygen atoms in total. The molecular weight excluding hydrogens is 410 g/mol. The Kier molecular flexibility index (Phi) is 6.76. The lowest BCUT2D eigenvalue weighted by atomic mass is 9.87. The van der Waals surface area contributed by atoms with Crippen LogP contribution < -0.4 is 4.72 Å². The minimum atomic E-state index is -3.74. The zero-order valence-corrected chi connectivity index (χ0v) is 19.9. The molecule has 0 unspecified atom stereocenters. The maximum atomic E-state index is 13.0. The molecule has 1 aliphatic heterocycles.